The molecule has 0 aliphatic rings. The summed E-state index contributed by atoms with van der Waals surface area (Å²) in [6.07, 6.45) is -2.03. The maximum Gasteiger partial charge on any atom is 0.416 e. The molecule has 142 valence electrons. The average molecular weight is 391 g/mol. The molecule has 0 radical (unpaired) electrons. The van der Waals surface area contributed by atoms with E-state index in [1.54, 1.807) is 0 Å². The number of nitrogens with zero attached hydrogens (tertiary/aromatic N) is 3. The van der Waals surface area contributed by atoms with Gasteiger partial charge in [0.15, 0.2) is 11.6 Å². The van der Waals surface area contributed by atoms with Crippen LogP contribution < -0.4 is 5.32 Å². The predicted molar refractivity (Wildman–Crippen MR) is 91.8 cm³/mol. The zero-order valence-corrected chi connectivity index (χ0v) is 13.9. The molecule has 0 aliphatic carbocycles. The Balaban J connectivity index is 1.64. The second-order valence-corrected chi connectivity index (χ2v) is 5.85. The number of hydrogen-bond acceptors (Lipinski definition) is 4. The first-order valence-corrected chi connectivity index (χ1v) is 7.91. The van der Waals surface area contributed by atoms with Crippen molar-refractivity contribution in [1.29, 1.82) is 0 Å². The van der Waals surface area contributed by atoms with Gasteiger partial charge in [-0.2, -0.15) is 13.2 Å². The van der Waals surface area contributed by atoms with Crippen LogP contribution in [-0.4, -0.2) is 19.9 Å². The minimum atomic E-state index is -4.49. The molecule has 0 atom stereocenters. The molecule has 28 heavy (non-hydrogen) atoms. The zero-order valence-electron chi connectivity index (χ0n) is 13.9. The monoisotopic (exact) mass is 391 g/mol. The zero-order chi connectivity index (χ0) is 19.9. The number of rotatable bonds is 3. The van der Waals surface area contributed by atoms with Crippen LogP contribution in [-0.2, 0) is 6.18 Å². The fourth-order valence-electron chi connectivity index (χ4n) is 2.56. The van der Waals surface area contributed by atoms with Crippen molar-refractivity contribution in [3.63, 3.8) is 0 Å². The second kappa shape index (κ2) is 6.55. The van der Waals surface area contributed by atoms with Crippen LogP contribution in [0.2, 0.25) is 0 Å². The van der Waals surface area contributed by atoms with Gasteiger partial charge in [0.2, 0.25) is 0 Å². The molecule has 0 unspecified atom stereocenters. The molecule has 2 N–H and O–H groups in total. The molecule has 0 spiro atoms. The van der Waals surface area contributed by atoms with Crippen molar-refractivity contribution in [3.05, 3.63) is 66.0 Å². The number of fused-ring (bicyclic) bond motifs is 1. The molecule has 0 bridgehead atoms. The van der Waals surface area contributed by atoms with Gasteiger partial charge in [-0.15, -0.1) is 0 Å². The molecule has 0 saturated carbocycles. The van der Waals surface area contributed by atoms with E-state index in [9.17, 15) is 22.0 Å². The maximum absolute atomic E-state index is 13.4. The topological polar surface area (TPSA) is 66.5 Å². The lowest BCUT2D eigenvalue weighted by Gasteiger charge is -2.09. The summed E-state index contributed by atoms with van der Waals surface area (Å²) in [6, 6.07) is 6.59. The van der Waals surface area contributed by atoms with Gasteiger partial charge in [0.05, 0.1) is 22.8 Å². The molecular weight excluding hydrogens is 381 g/mol. The number of aromatic nitrogens is 4. The standard InChI is InChI=1S/C18H10F5N5/c19-11-2-1-9(5-12(11)20)17-26-13-7-16(25-8-14(13)27-17)28-15-6-10(3-4-24-15)18(21,22)23/h1-8H,(H,26,27)(H,24,25,28). The van der Waals surface area contributed by atoms with Crippen molar-refractivity contribution in [3.8, 4) is 11.4 Å². The molecule has 0 fully saturated rings. The molecule has 0 aliphatic heterocycles. The highest BCUT2D eigenvalue weighted by Crippen LogP contribution is 2.30. The minimum Gasteiger partial charge on any atom is -0.337 e. The summed E-state index contributed by atoms with van der Waals surface area (Å²) in [5.41, 5.74) is 0.446. The van der Waals surface area contributed by atoms with Gasteiger partial charge >= 0.3 is 6.18 Å². The summed E-state index contributed by atoms with van der Waals surface area (Å²) in [7, 11) is 0. The first kappa shape index (κ1) is 17.8. The highest BCUT2D eigenvalue weighted by Gasteiger charge is 2.30. The lowest BCUT2D eigenvalue weighted by Crippen LogP contribution is -2.06. The van der Waals surface area contributed by atoms with Gasteiger partial charge in [-0.25, -0.2) is 23.7 Å². The molecule has 0 saturated heterocycles. The Hall–Kier alpha value is -3.56. The van der Waals surface area contributed by atoms with Gasteiger partial charge < -0.3 is 10.3 Å². The Morgan fingerprint density at radius 3 is 2.43 bits per heavy atom. The third kappa shape index (κ3) is 3.48. The minimum absolute atomic E-state index is 0.0296. The smallest absolute Gasteiger partial charge is 0.337 e. The SMILES string of the molecule is Fc1ccc(-c2nc3cc(Nc4cc(C(F)(F)F)ccn4)ncc3[nH]2)cc1F. The van der Waals surface area contributed by atoms with E-state index in [1.165, 1.54) is 18.3 Å². The van der Waals surface area contributed by atoms with E-state index >= 15 is 0 Å². The normalized spacial score (nSPS) is 11.8. The summed E-state index contributed by atoms with van der Waals surface area (Å²) >= 11 is 0. The molecular formula is C18H10F5N5. The van der Waals surface area contributed by atoms with Gasteiger partial charge in [-0.1, -0.05) is 0 Å². The van der Waals surface area contributed by atoms with Crippen molar-refractivity contribution in [2.75, 3.05) is 5.32 Å². The Labute approximate surface area is 154 Å². The van der Waals surface area contributed by atoms with Crippen LogP contribution in [0, 0.1) is 11.6 Å². The Bertz CT molecular complexity index is 1170. The number of pyridine rings is 2. The number of halogens is 5. The highest BCUT2D eigenvalue weighted by molar-refractivity contribution is 5.81. The number of nitrogens with one attached hydrogen (secondary N) is 2. The average Bonchev–Trinajstić information content (AvgIpc) is 3.07. The number of H-pyrrole nitrogens is 1. The van der Waals surface area contributed by atoms with E-state index < -0.39 is 23.4 Å². The Morgan fingerprint density at radius 2 is 1.68 bits per heavy atom. The van der Waals surface area contributed by atoms with Crippen molar-refractivity contribution in [1.82, 2.24) is 19.9 Å². The van der Waals surface area contributed by atoms with Crippen molar-refractivity contribution >= 4 is 22.7 Å². The van der Waals surface area contributed by atoms with Crippen LogP contribution >= 0.6 is 0 Å². The molecule has 0 amide bonds. The lowest BCUT2D eigenvalue weighted by atomic mass is 10.2. The first-order chi connectivity index (χ1) is 13.3. The number of hydrogen-bond donors (Lipinski definition) is 2. The number of benzene rings is 1. The van der Waals surface area contributed by atoms with E-state index in [0.29, 0.717) is 22.4 Å². The summed E-state index contributed by atoms with van der Waals surface area (Å²) in [6.45, 7) is 0. The molecule has 4 aromatic rings. The van der Waals surface area contributed by atoms with Gasteiger partial charge in [0.1, 0.15) is 17.5 Å². The third-order valence-corrected chi connectivity index (χ3v) is 3.90. The van der Waals surface area contributed by atoms with E-state index in [-0.39, 0.29) is 11.6 Å². The van der Waals surface area contributed by atoms with Gasteiger partial charge in [-0.05, 0) is 30.3 Å². The third-order valence-electron chi connectivity index (χ3n) is 3.90. The largest absolute Gasteiger partial charge is 0.416 e. The second-order valence-electron chi connectivity index (χ2n) is 5.85. The number of anilines is 2. The highest BCUT2D eigenvalue weighted by atomic mass is 19.4. The first-order valence-electron chi connectivity index (χ1n) is 7.91. The Morgan fingerprint density at radius 1 is 0.893 bits per heavy atom. The summed E-state index contributed by atoms with van der Waals surface area (Å²) in [5, 5.41) is 2.69. The van der Waals surface area contributed by atoms with Crippen molar-refractivity contribution in [2.24, 2.45) is 0 Å². The fourth-order valence-corrected chi connectivity index (χ4v) is 2.56. The number of imidazole rings is 1. The van der Waals surface area contributed by atoms with Crippen LogP contribution in [0.5, 0.6) is 0 Å². The molecule has 1 aromatic carbocycles. The lowest BCUT2D eigenvalue weighted by molar-refractivity contribution is -0.137. The number of alkyl halides is 3. The van der Waals surface area contributed by atoms with E-state index in [2.05, 4.69) is 25.3 Å². The number of aromatic amines is 1. The molecule has 4 rings (SSSR count). The van der Waals surface area contributed by atoms with Gasteiger partial charge in [0, 0.05) is 17.8 Å². The summed E-state index contributed by atoms with van der Waals surface area (Å²) < 4.78 is 64.9. The summed E-state index contributed by atoms with van der Waals surface area (Å²) in [5.74, 6) is -1.48. The van der Waals surface area contributed by atoms with E-state index in [1.807, 2.05) is 0 Å². The molecule has 10 heteroatoms. The van der Waals surface area contributed by atoms with Crippen LogP contribution in [0.1, 0.15) is 5.56 Å². The van der Waals surface area contributed by atoms with Crippen molar-refractivity contribution < 1.29 is 22.0 Å². The molecule has 3 heterocycles. The Kier molecular flexibility index (Phi) is 4.17. The van der Waals surface area contributed by atoms with Gasteiger partial charge in [-0.3, -0.25) is 0 Å². The quantitative estimate of drug-likeness (QED) is 0.479. The van der Waals surface area contributed by atoms with Gasteiger partial charge in [0.25, 0.3) is 0 Å². The van der Waals surface area contributed by atoms with Crippen LogP contribution in [0.4, 0.5) is 33.6 Å². The van der Waals surface area contributed by atoms with Crippen LogP contribution in [0.15, 0.2) is 48.8 Å². The molecule has 5 nitrogen and oxygen atoms in total. The van der Waals surface area contributed by atoms with Crippen molar-refractivity contribution in [2.45, 2.75) is 6.18 Å². The maximum atomic E-state index is 13.4. The fraction of sp³-hybridized carbons (Fsp3) is 0.0556. The van der Waals surface area contributed by atoms with E-state index in [0.717, 1.165) is 30.5 Å². The molecule has 3 aromatic heterocycles. The van der Waals surface area contributed by atoms with E-state index in [4.69, 9.17) is 0 Å². The predicted octanol–water partition coefficient (Wildman–Crippen LogP) is 5.06. The van der Waals surface area contributed by atoms with Crippen LogP contribution in [0.25, 0.3) is 22.4 Å². The van der Waals surface area contributed by atoms with Crippen LogP contribution in [0.3, 0.4) is 0 Å². The summed E-state index contributed by atoms with van der Waals surface area (Å²) in [4.78, 5) is 15.1.